The molecule has 0 aromatic carbocycles. The SMILES string of the molecule is CCN(CC(N)=O)C(=O)CC1(C(=O)O)CCCCCC1. The van der Waals surface area contributed by atoms with E-state index < -0.39 is 17.3 Å². The van der Waals surface area contributed by atoms with Gasteiger partial charge in [-0.15, -0.1) is 0 Å². The van der Waals surface area contributed by atoms with Crippen molar-refractivity contribution in [3.63, 3.8) is 0 Å². The molecule has 0 unspecified atom stereocenters. The molecule has 6 heteroatoms. The van der Waals surface area contributed by atoms with E-state index in [0.29, 0.717) is 19.4 Å². The molecule has 1 saturated carbocycles. The van der Waals surface area contributed by atoms with Gasteiger partial charge in [-0.05, 0) is 19.8 Å². The monoisotopic (exact) mass is 284 g/mol. The normalized spacial score (nSPS) is 18.1. The highest BCUT2D eigenvalue weighted by molar-refractivity contribution is 5.88. The number of aliphatic carboxylic acids is 1. The Labute approximate surface area is 119 Å². The van der Waals surface area contributed by atoms with Crippen LogP contribution in [-0.2, 0) is 14.4 Å². The summed E-state index contributed by atoms with van der Waals surface area (Å²) in [5.74, 6) is -1.77. The second-order valence-corrected chi connectivity index (χ2v) is 5.55. The van der Waals surface area contributed by atoms with Gasteiger partial charge in [-0.2, -0.15) is 0 Å². The van der Waals surface area contributed by atoms with E-state index in [0.717, 1.165) is 25.7 Å². The summed E-state index contributed by atoms with van der Waals surface area (Å²) >= 11 is 0. The minimum atomic E-state index is -0.974. The predicted octanol–water partition coefficient (Wildman–Crippen LogP) is 1.14. The fourth-order valence-electron chi connectivity index (χ4n) is 2.84. The number of carbonyl (C=O) groups is 3. The first kappa shape index (κ1) is 16.5. The quantitative estimate of drug-likeness (QED) is 0.714. The van der Waals surface area contributed by atoms with Crippen LogP contribution in [0.2, 0.25) is 0 Å². The minimum absolute atomic E-state index is 0.0382. The lowest BCUT2D eigenvalue weighted by Crippen LogP contribution is -2.43. The van der Waals surface area contributed by atoms with E-state index >= 15 is 0 Å². The summed E-state index contributed by atoms with van der Waals surface area (Å²) in [4.78, 5) is 36.2. The van der Waals surface area contributed by atoms with E-state index in [1.54, 1.807) is 6.92 Å². The molecule has 20 heavy (non-hydrogen) atoms. The molecule has 1 aliphatic carbocycles. The largest absolute Gasteiger partial charge is 0.481 e. The fourth-order valence-corrected chi connectivity index (χ4v) is 2.84. The molecule has 0 atom stereocenters. The van der Waals surface area contributed by atoms with Crippen LogP contribution in [-0.4, -0.2) is 40.9 Å². The van der Waals surface area contributed by atoms with Gasteiger partial charge in [-0.3, -0.25) is 14.4 Å². The zero-order chi connectivity index (χ0) is 15.2. The summed E-state index contributed by atoms with van der Waals surface area (Å²) < 4.78 is 0. The van der Waals surface area contributed by atoms with Gasteiger partial charge in [0.25, 0.3) is 0 Å². The van der Waals surface area contributed by atoms with Crippen molar-refractivity contribution in [3.05, 3.63) is 0 Å². The van der Waals surface area contributed by atoms with Crippen molar-refractivity contribution in [2.24, 2.45) is 11.1 Å². The van der Waals surface area contributed by atoms with Crippen LogP contribution < -0.4 is 5.73 Å². The summed E-state index contributed by atoms with van der Waals surface area (Å²) in [6.45, 7) is 1.96. The Morgan fingerprint density at radius 1 is 1.15 bits per heavy atom. The molecule has 3 N–H and O–H groups in total. The van der Waals surface area contributed by atoms with Gasteiger partial charge in [0, 0.05) is 13.0 Å². The number of hydrogen-bond acceptors (Lipinski definition) is 3. The van der Waals surface area contributed by atoms with Crippen molar-refractivity contribution in [2.45, 2.75) is 51.9 Å². The van der Waals surface area contributed by atoms with E-state index in [1.165, 1.54) is 4.90 Å². The van der Waals surface area contributed by atoms with Crippen LogP contribution in [0.5, 0.6) is 0 Å². The number of nitrogens with two attached hydrogens (primary N) is 1. The highest BCUT2D eigenvalue weighted by Crippen LogP contribution is 2.38. The summed E-state index contributed by atoms with van der Waals surface area (Å²) in [6, 6.07) is 0. The number of carboxylic acids is 1. The van der Waals surface area contributed by atoms with E-state index in [9.17, 15) is 19.5 Å². The van der Waals surface area contributed by atoms with Crippen LogP contribution in [0.3, 0.4) is 0 Å². The van der Waals surface area contributed by atoms with E-state index in [-0.39, 0.29) is 18.9 Å². The first-order valence-electron chi connectivity index (χ1n) is 7.21. The molecule has 1 fully saturated rings. The van der Waals surface area contributed by atoms with Gasteiger partial charge in [-0.1, -0.05) is 25.7 Å². The third kappa shape index (κ3) is 4.21. The molecule has 0 heterocycles. The number of carbonyl (C=O) groups excluding carboxylic acids is 2. The molecule has 114 valence electrons. The highest BCUT2D eigenvalue weighted by Gasteiger charge is 2.41. The summed E-state index contributed by atoms with van der Waals surface area (Å²) in [5.41, 5.74) is 4.13. The van der Waals surface area contributed by atoms with Crippen molar-refractivity contribution in [3.8, 4) is 0 Å². The van der Waals surface area contributed by atoms with Crippen LogP contribution in [0.1, 0.15) is 51.9 Å². The molecular weight excluding hydrogens is 260 g/mol. The Morgan fingerprint density at radius 2 is 1.70 bits per heavy atom. The Hall–Kier alpha value is -1.59. The average Bonchev–Trinajstić information content (AvgIpc) is 2.62. The lowest BCUT2D eigenvalue weighted by Gasteiger charge is -2.30. The molecular formula is C14H24N2O4. The summed E-state index contributed by atoms with van der Waals surface area (Å²) in [5, 5.41) is 9.54. The van der Waals surface area contributed by atoms with Crippen LogP contribution in [0.4, 0.5) is 0 Å². The molecule has 0 spiro atoms. The summed E-state index contributed by atoms with van der Waals surface area (Å²) in [6.07, 6.45) is 4.72. The van der Waals surface area contributed by atoms with Crippen LogP contribution in [0.25, 0.3) is 0 Å². The second kappa shape index (κ2) is 7.26. The maximum atomic E-state index is 12.3. The molecule has 0 aromatic heterocycles. The number of amides is 2. The Bertz CT molecular complexity index is 373. The van der Waals surface area contributed by atoms with Gasteiger partial charge in [0.2, 0.25) is 11.8 Å². The maximum Gasteiger partial charge on any atom is 0.310 e. The lowest BCUT2D eigenvalue weighted by molar-refractivity contribution is -0.155. The molecule has 0 radical (unpaired) electrons. The van der Waals surface area contributed by atoms with Gasteiger partial charge in [-0.25, -0.2) is 0 Å². The lowest BCUT2D eigenvalue weighted by atomic mass is 9.77. The molecule has 0 aromatic rings. The third-order valence-electron chi connectivity index (χ3n) is 4.09. The number of rotatable bonds is 6. The van der Waals surface area contributed by atoms with Gasteiger partial charge in [0.05, 0.1) is 12.0 Å². The van der Waals surface area contributed by atoms with Crippen molar-refractivity contribution in [2.75, 3.05) is 13.1 Å². The molecule has 0 bridgehead atoms. The van der Waals surface area contributed by atoms with Crippen molar-refractivity contribution >= 4 is 17.8 Å². The smallest absolute Gasteiger partial charge is 0.310 e. The molecule has 2 amide bonds. The molecule has 1 aliphatic rings. The molecule has 0 saturated heterocycles. The Balaban J connectivity index is 2.80. The van der Waals surface area contributed by atoms with Gasteiger partial charge < -0.3 is 15.7 Å². The van der Waals surface area contributed by atoms with Crippen LogP contribution in [0, 0.1) is 5.41 Å². The highest BCUT2D eigenvalue weighted by atomic mass is 16.4. The van der Waals surface area contributed by atoms with Crippen molar-refractivity contribution in [1.29, 1.82) is 0 Å². The topological polar surface area (TPSA) is 101 Å². The Kier molecular flexibility index (Phi) is 5.98. The van der Waals surface area contributed by atoms with E-state index in [4.69, 9.17) is 5.73 Å². The minimum Gasteiger partial charge on any atom is -0.481 e. The molecule has 1 rings (SSSR count). The van der Waals surface area contributed by atoms with Crippen LogP contribution in [0.15, 0.2) is 0 Å². The molecule has 6 nitrogen and oxygen atoms in total. The van der Waals surface area contributed by atoms with Gasteiger partial charge >= 0.3 is 5.97 Å². The zero-order valence-corrected chi connectivity index (χ0v) is 12.1. The van der Waals surface area contributed by atoms with Crippen molar-refractivity contribution in [1.82, 2.24) is 4.90 Å². The molecule has 0 aliphatic heterocycles. The fraction of sp³-hybridized carbons (Fsp3) is 0.786. The number of hydrogen-bond donors (Lipinski definition) is 2. The zero-order valence-electron chi connectivity index (χ0n) is 12.1. The van der Waals surface area contributed by atoms with Crippen molar-refractivity contribution < 1.29 is 19.5 Å². The number of likely N-dealkylation sites (N-methyl/N-ethyl adjacent to an activating group) is 1. The van der Waals surface area contributed by atoms with Crippen LogP contribution >= 0.6 is 0 Å². The first-order valence-corrected chi connectivity index (χ1v) is 7.21. The third-order valence-corrected chi connectivity index (χ3v) is 4.09. The van der Waals surface area contributed by atoms with E-state index in [2.05, 4.69) is 0 Å². The summed E-state index contributed by atoms with van der Waals surface area (Å²) in [7, 11) is 0. The number of primary amides is 1. The number of nitrogens with zero attached hydrogens (tertiary/aromatic N) is 1. The second-order valence-electron chi connectivity index (χ2n) is 5.55. The van der Waals surface area contributed by atoms with Gasteiger partial charge in [0.15, 0.2) is 0 Å². The number of carboxylic acid groups (broad SMARTS) is 1. The first-order chi connectivity index (χ1) is 9.41. The predicted molar refractivity (Wildman–Crippen MR) is 73.8 cm³/mol. The average molecular weight is 284 g/mol. The Morgan fingerprint density at radius 3 is 2.10 bits per heavy atom. The van der Waals surface area contributed by atoms with Gasteiger partial charge in [0.1, 0.15) is 0 Å². The maximum absolute atomic E-state index is 12.3. The van der Waals surface area contributed by atoms with E-state index in [1.807, 2.05) is 0 Å². The standard InChI is InChI=1S/C14H24N2O4/c1-2-16(10-11(15)17)12(18)9-14(13(19)20)7-5-3-4-6-8-14/h2-10H2,1H3,(H2,15,17)(H,19,20).